The van der Waals surface area contributed by atoms with Gasteiger partial charge in [-0.05, 0) is 78.0 Å². The van der Waals surface area contributed by atoms with Crippen LogP contribution in [0.3, 0.4) is 0 Å². The van der Waals surface area contributed by atoms with Gasteiger partial charge < -0.3 is 18.9 Å². The molecule has 0 N–H and O–H groups in total. The summed E-state index contributed by atoms with van der Waals surface area (Å²) in [6, 6.07) is 21.8. The molecule has 0 bridgehead atoms. The van der Waals surface area contributed by atoms with Crippen molar-refractivity contribution in [3.05, 3.63) is 107 Å². The average Bonchev–Trinajstić information content (AvgIpc) is 3.50. The Bertz CT molecular complexity index is 1440. The van der Waals surface area contributed by atoms with E-state index in [0.29, 0.717) is 46.1 Å². The molecule has 7 heteroatoms. The lowest BCUT2D eigenvalue weighted by Crippen LogP contribution is -2.06. The fourth-order valence-corrected chi connectivity index (χ4v) is 4.60. The third-order valence-electron chi connectivity index (χ3n) is 5.89. The van der Waals surface area contributed by atoms with Crippen molar-refractivity contribution in [2.75, 3.05) is 20.8 Å². The molecule has 0 aliphatic rings. The number of ketones is 1. The van der Waals surface area contributed by atoms with Gasteiger partial charge in [-0.15, -0.1) is 11.3 Å². The highest BCUT2D eigenvalue weighted by Crippen LogP contribution is 2.35. The van der Waals surface area contributed by atoms with E-state index in [4.69, 9.17) is 18.9 Å². The number of hydrogen-bond donors (Lipinski definition) is 0. The van der Waals surface area contributed by atoms with Crippen molar-refractivity contribution in [3.63, 3.8) is 0 Å². The lowest BCUT2D eigenvalue weighted by molar-refractivity contribution is 0.0526. The van der Waals surface area contributed by atoms with E-state index >= 15 is 0 Å². The number of Topliss-reactive ketones (excluding diaryl/α,β-unsaturated/α-hetero) is 1. The van der Waals surface area contributed by atoms with Crippen molar-refractivity contribution < 1.29 is 28.5 Å². The number of allylic oxidation sites excluding steroid dienone is 1. The largest absolute Gasteiger partial charge is 0.496 e. The summed E-state index contributed by atoms with van der Waals surface area (Å²) in [5.74, 6) is 0.877. The minimum Gasteiger partial charge on any atom is -0.496 e. The Morgan fingerprint density at radius 1 is 0.842 bits per heavy atom. The Labute approximate surface area is 226 Å². The second-order valence-corrected chi connectivity index (χ2v) is 9.22. The van der Waals surface area contributed by atoms with Crippen LogP contribution < -0.4 is 14.2 Å². The quantitative estimate of drug-likeness (QED) is 0.118. The second kappa shape index (κ2) is 12.3. The van der Waals surface area contributed by atoms with Crippen molar-refractivity contribution in [3.8, 4) is 27.7 Å². The molecule has 0 aliphatic carbocycles. The predicted octanol–water partition coefficient (Wildman–Crippen LogP) is 7.08. The lowest BCUT2D eigenvalue weighted by Gasteiger charge is -2.14. The van der Waals surface area contributed by atoms with E-state index < -0.39 is 0 Å². The third-order valence-corrected chi connectivity index (χ3v) is 6.81. The molecule has 38 heavy (non-hydrogen) atoms. The van der Waals surface area contributed by atoms with Gasteiger partial charge in [0.25, 0.3) is 0 Å². The van der Waals surface area contributed by atoms with Crippen molar-refractivity contribution in [2.45, 2.75) is 13.5 Å². The van der Waals surface area contributed by atoms with Gasteiger partial charge in [0.15, 0.2) is 17.3 Å². The first-order valence-corrected chi connectivity index (χ1v) is 12.9. The molecular weight excluding hydrogens is 500 g/mol. The monoisotopic (exact) mass is 528 g/mol. The van der Waals surface area contributed by atoms with Crippen molar-refractivity contribution in [2.24, 2.45) is 0 Å². The van der Waals surface area contributed by atoms with Crippen LogP contribution in [0.15, 0.2) is 84.8 Å². The second-order valence-electron chi connectivity index (χ2n) is 8.27. The van der Waals surface area contributed by atoms with Crippen LogP contribution in [-0.4, -0.2) is 32.6 Å². The number of hydrogen-bond acceptors (Lipinski definition) is 7. The molecule has 3 aromatic carbocycles. The fraction of sp³-hybridized carbons (Fsp3) is 0.161. The van der Waals surface area contributed by atoms with Crippen LogP contribution in [-0.2, 0) is 11.3 Å². The fourth-order valence-electron chi connectivity index (χ4n) is 3.88. The molecule has 1 heterocycles. The number of rotatable bonds is 11. The Kier molecular flexibility index (Phi) is 8.61. The first-order valence-electron chi connectivity index (χ1n) is 12.0. The van der Waals surface area contributed by atoms with Gasteiger partial charge in [-0.1, -0.05) is 24.8 Å². The first-order chi connectivity index (χ1) is 18.4. The smallest absolute Gasteiger partial charge is 0.338 e. The average molecular weight is 529 g/mol. The van der Waals surface area contributed by atoms with Gasteiger partial charge in [-0.3, -0.25) is 4.79 Å². The maximum Gasteiger partial charge on any atom is 0.338 e. The normalized spacial score (nSPS) is 10.5. The molecule has 0 unspecified atom stereocenters. The van der Waals surface area contributed by atoms with E-state index in [9.17, 15) is 9.59 Å². The van der Waals surface area contributed by atoms with Crippen LogP contribution in [0.4, 0.5) is 0 Å². The van der Waals surface area contributed by atoms with Crippen LogP contribution in [0.2, 0.25) is 0 Å². The summed E-state index contributed by atoms with van der Waals surface area (Å²) in [6.07, 6.45) is 0. The molecule has 0 atom stereocenters. The highest BCUT2D eigenvalue weighted by atomic mass is 32.1. The number of benzene rings is 3. The van der Waals surface area contributed by atoms with E-state index in [1.807, 2.05) is 35.7 Å². The van der Waals surface area contributed by atoms with E-state index in [2.05, 4.69) is 6.58 Å². The molecular formula is C31H28O6S. The van der Waals surface area contributed by atoms with Crippen molar-refractivity contribution in [1.29, 1.82) is 0 Å². The Balaban J connectivity index is 1.50. The summed E-state index contributed by atoms with van der Waals surface area (Å²) in [6.45, 7) is 6.43. The van der Waals surface area contributed by atoms with Gasteiger partial charge in [0.05, 0.1) is 26.4 Å². The molecule has 1 aromatic heterocycles. The Morgan fingerprint density at radius 2 is 1.55 bits per heavy atom. The summed E-state index contributed by atoms with van der Waals surface area (Å²) in [4.78, 5) is 26.3. The lowest BCUT2D eigenvalue weighted by atomic mass is 9.95. The number of carbonyl (C=O) groups is 2. The Hall–Kier alpha value is -4.36. The number of ether oxygens (including phenoxy) is 4. The van der Waals surface area contributed by atoms with Crippen LogP contribution >= 0.6 is 11.3 Å². The van der Waals surface area contributed by atoms with E-state index in [-0.39, 0.29) is 18.4 Å². The molecule has 4 aromatic rings. The van der Waals surface area contributed by atoms with E-state index in [0.717, 1.165) is 16.0 Å². The van der Waals surface area contributed by atoms with Gasteiger partial charge in [0.1, 0.15) is 12.4 Å². The summed E-state index contributed by atoms with van der Waals surface area (Å²) in [5.41, 5.74) is 3.70. The van der Waals surface area contributed by atoms with Gasteiger partial charge >= 0.3 is 5.97 Å². The zero-order valence-corrected chi connectivity index (χ0v) is 22.3. The maximum atomic E-state index is 13.4. The number of thiophene rings is 1. The molecule has 0 saturated carbocycles. The topological polar surface area (TPSA) is 71.1 Å². The SMILES string of the molecule is C=C(C(=O)c1ccc(OCc2ccc(C(=O)OCC)cc2)c(OC)c1)c1cc(-c2cccs2)ccc1OC. The van der Waals surface area contributed by atoms with Crippen LogP contribution in [0.25, 0.3) is 16.0 Å². The maximum absolute atomic E-state index is 13.4. The van der Waals surface area contributed by atoms with Crippen LogP contribution in [0, 0.1) is 0 Å². The van der Waals surface area contributed by atoms with Gasteiger partial charge in [-0.25, -0.2) is 4.79 Å². The third kappa shape index (κ3) is 5.95. The van der Waals surface area contributed by atoms with Crippen molar-refractivity contribution in [1.82, 2.24) is 0 Å². The zero-order chi connectivity index (χ0) is 27.1. The minimum absolute atomic E-state index is 0.244. The molecule has 0 aliphatic heterocycles. The zero-order valence-electron chi connectivity index (χ0n) is 21.5. The summed E-state index contributed by atoms with van der Waals surface area (Å²) in [7, 11) is 3.09. The number of esters is 1. The van der Waals surface area contributed by atoms with Crippen LogP contribution in [0.5, 0.6) is 17.2 Å². The molecule has 194 valence electrons. The molecule has 4 rings (SSSR count). The van der Waals surface area contributed by atoms with Gasteiger partial charge in [0.2, 0.25) is 0 Å². The highest BCUT2D eigenvalue weighted by Gasteiger charge is 2.19. The number of carbonyl (C=O) groups excluding carboxylic acids is 2. The summed E-state index contributed by atoms with van der Waals surface area (Å²) < 4.78 is 22.0. The summed E-state index contributed by atoms with van der Waals surface area (Å²) in [5, 5.41) is 2.01. The Morgan fingerprint density at radius 3 is 2.21 bits per heavy atom. The molecule has 0 saturated heterocycles. The molecule has 0 radical (unpaired) electrons. The first kappa shape index (κ1) is 26.7. The standard InChI is InChI=1S/C31H28O6S/c1-5-36-31(33)22-10-8-21(9-11-22)19-37-27-15-13-24(18-28(27)35-4)30(32)20(2)25-17-23(12-14-26(25)34-3)29-7-6-16-38-29/h6-18H,2,5,19H2,1,3-4H3. The highest BCUT2D eigenvalue weighted by molar-refractivity contribution is 7.13. The molecule has 0 spiro atoms. The number of methoxy groups -OCH3 is 2. The van der Waals surface area contributed by atoms with Gasteiger partial charge in [0, 0.05) is 21.6 Å². The molecule has 0 fully saturated rings. The van der Waals surface area contributed by atoms with E-state index in [1.54, 1.807) is 67.8 Å². The predicted molar refractivity (Wildman–Crippen MR) is 149 cm³/mol. The van der Waals surface area contributed by atoms with Crippen LogP contribution in [0.1, 0.15) is 38.8 Å². The minimum atomic E-state index is -0.362. The van der Waals surface area contributed by atoms with Gasteiger partial charge in [-0.2, -0.15) is 0 Å². The summed E-state index contributed by atoms with van der Waals surface area (Å²) >= 11 is 1.62. The molecule has 6 nitrogen and oxygen atoms in total. The van der Waals surface area contributed by atoms with Crippen molar-refractivity contribution >= 4 is 28.7 Å². The molecule has 0 amide bonds. The van der Waals surface area contributed by atoms with E-state index in [1.165, 1.54) is 7.11 Å².